The molecule has 1 aliphatic rings. The van der Waals surface area contributed by atoms with Gasteiger partial charge in [-0.1, -0.05) is 60.4 Å². The third-order valence-electron chi connectivity index (χ3n) is 4.76. The normalized spacial score (nSPS) is 11.7. The van der Waals surface area contributed by atoms with Crippen LogP contribution in [0.1, 0.15) is 22.6 Å². The molecule has 3 aromatic rings. The SMILES string of the molecule is O=C(NCC#Cc1ccc(O)cc1)OCC1c2ccccc2-c2ccccc21. The number of fused-ring (bicyclic) bond motifs is 3. The van der Waals surface area contributed by atoms with Crippen LogP contribution in [0.2, 0.25) is 0 Å². The Kier molecular flexibility index (Phi) is 4.99. The van der Waals surface area contributed by atoms with Crippen molar-refractivity contribution in [2.24, 2.45) is 0 Å². The number of rotatable bonds is 3. The van der Waals surface area contributed by atoms with Crippen molar-refractivity contribution in [2.75, 3.05) is 13.2 Å². The minimum Gasteiger partial charge on any atom is -0.508 e. The molecule has 0 saturated heterocycles. The zero-order chi connectivity index (χ0) is 19.3. The van der Waals surface area contributed by atoms with Crippen molar-refractivity contribution in [3.05, 3.63) is 89.5 Å². The molecular formula is C24H19NO3. The first-order valence-corrected chi connectivity index (χ1v) is 9.09. The molecule has 1 amide bonds. The van der Waals surface area contributed by atoms with Gasteiger partial charge in [0.05, 0.1) is 6.54 Å². The highest BCUT2D eigenvalue weighted by atomic mass is 16.5. The number of benzene rings is 3. The third kappa shape index (κ3) is 3.70. The zero-order valence-corrected chi connectivity index (χ0v) is 15.2. The molecule has 0 saturated carbocycles. The Morgan fingerprint density at radius 3 is 2.18 bits per heavy atom. The van der Waals surface area contributed by atoms with Gasteiger partial charge in [-0.2, -0.15) is 0 Å². The van der Waals surface area contributed by atoms with Crippen LogP contribution in [0.15, 0.2) is 72.8 Å². The first kappa shape index (κ1) is 17.7. The van der Waals surface area contributed by atoms with Crippen LogP contribution in [0.3, 0.4) is 0 Å². The number of carbonyl (C=O) groups is 1. The predicted molar refractivity (Wildman–Crippen MR) is 108 cm³/mol. The fourth-order valence-electron chi connectivity index (χ4n) is 3.46. The van der Waals surface area contributed by atoms with E-state index < -0.39 is 6.09 Å². The van der Waals surface area contributed by atoms with Gasteiger partial charge in [-0.15, -0.1) is 0 Å². The molecule has 4 rings (SSSR count). The van der Waals surface area contributed by atoms with Crippen molar-refractivity contribution in [1.29, 1.82) is 0 Å². The van der Waals surface area contributed by atoms with Gasteiger partial charge in [0.2, 0.25) is 0 Å². The molecule has 3 aromatic carbocycles. The number of alkyl carbamates (subject to hydrolysis) is 1. The fourth-order valence-corrected chi connectivity index (χ4v) is 3.46. The van der Waals surface area contributed by atoms with Crippen molar-refractivity contribution >= 4 is 6.09 Å². The molecule has 138 valence electrons. The highest BCUT2D eigenvalue weighted by molar-refractivity contribution is 5.79. The molecule has 0 atom stereocenters. The van der Waals surface area contributed by atoms with Gasteiger partial charge in [0.15, 0.2) is 0 Å². The molecule has 4 heteroatoms. The molecule has 0 unspecified atom stereocenters. The van der Waals surface area contributed by atoms with Crippen LogP contribution in [0.4, 0.5) is 4.79 Å². The Balaban J connectivity index is 1.35. The Bertz CT molecular complexity index is 1020. The summed E-state index contributed by atoms with van der Waals surface area (Å²) in [6.45, 7) is 0.475. The van der Waals surface area contributed by atoms with Gasteiger partial charge >= 0.3 is 6.09 Å². The van der Waals surface area contributed by atoms with Crippen LogP contribution in [0.5, 0.6) is 5.75 Å². The summed E-state index contributed by atoms with van der Waals surface area (Å²) in [7, 11) is 0. The Hall–Kier alpha value is -3.71. The molecule has 0 bridgehead atoms. The number of hydrogen-bond acceptors (Lipinski definition) is 3. The molecule has 0 fully saturated rings. The summed E-state index contributed by atoms with van der Waals surface area (Å²) in [4.78, 5) is 12.0. The summed E-state index contributed by atoms with van der Waals surface area (Å²) in [5.41, 5.74) is 5.54. The lowest BCUT2D eigenvalue weighted by molar-refractivity contribution is 0.144. The topological polar surface area (TPSA) is 58.6 Å². The molecule has 0 radical (unpaired) electrons. The van der Waals surface area contributed by atoms with Crippen molar-refractivity contribution in [3.8, 4) is 28.7 Å². The highest BCUT2D eigenvalue weighted by Crippen LogP contribution is 2.44. The van der Waals surface area contributed by atoms with E-state index in [1.165, 1.54) is 22.3 Å². The van der Waals surface area contributed by atoms with Crippen molar-refractivity contribution in [3.63, 3.8) is 0 Å². The van der Waals surface area contributed by atoms with Gasteiger partial charge in [-0.05, 0) is 46.5 Å². The summed E-state index contributed by atoms with van der Waals surface area (Å²) in [6, 6.07) is 23.0. The van der Waals surface area contributed by atoms with Crippen molar-refractivity contribution in [2.45, 2.75) is 5.92 Å². The van der Waals surface area contributed by atoms with Gasteiger partial charge in [0.1, 0.15) is 12.4 Å². The second-order valence-electron chi connectivity index (χ2n) is 6.53. The average molecular weight is 369 g/mol. The number of nitrogens with one attached hydrogen (secondary N) is 1. The van der Waals surface area contributed by atoms with Gasteiger partial charge in [-0.3, -0.25) is 0 Å². The maximum atomic E-state index is 12.0. The van der Waals surface area contributed by atoms with Crippen LogP contribution >= 0.6 is 0 Å². The van der Waals surface area contributed by atoms with E-state index in [9.17, 15) is 9.90 Å². The monoisotopic (exact) mass is 369 g/mol. The number of phenolic OH excluding ortho intramolecular Hbond substituents is 1. The van der Waals surface area contributed by atoms with Gasteiger partial charge < -0.3 is 15.2 Å². The average Bonchev–Trinajstić information content (AvgIpc) is 3.05. The van der Waals surface area contributed by atoms with Gasteiger partial charge in [-0.25, -0.2) is 4.79 Å². The molecule has 0 heterocycles. The number of aromatic hydroxyl groups is 1. The second kappa shape index (κ2) is 7.89. The van der Waals surface area contributed by atoms with E-state index in [1.54, 1.807) is 24.3 Å². The molecule has 4 nitrogen and oxygen atoms in total. The molecule has 28 heavy (non-hydrogen) atoms. The minimum absolute atomic E-state index is 0.0428. The summed E-state index contributed by atoms with van der Waals surface area (Å²) in [6.07, 6.45) is -0.484. The first-order valence-electron chi connectivity index (χ1n) is 9.09. The predicted octanol–water partition coefficient (Wildman–Crippen LogP) is 4.28. The van der Waals surface area contributed by atoms with Gasteiger partial charge in [0.25, 0.3) is 0 Å². The number of amides is 1. The Morgan fingerprint density at radius 1 is 0.929 bits per heavy atom. The molecule has 1 aliphatic carbocycles. The van der Waals surface area contributed by atoms with E-state index in [-0.39, 0.29) is 24.8 Å². The Morgan fingerprint density at radius 2 is 1.54 bits per heavy atom. The molecule has 0 aromatic heterocycles. The van der Waals surface area contributed by atoms with Gasteiger partial charge in [0, 0.05) is 11.5 Å². The van der Waals surface area contributed by atoms with E-state index >= 15 is 0 Å². The number of hydrogen-bond donors (Lipinski definition) is 2. The zero-order valence-electron chi connectivity index (χ0n) is 15.2. The summed E-state index contributed by atoms with van der Waals surface area (Å²) in [5.74, 6) is 6.03. The van der Waals surface area contributed by atoms with Crippen LogP contribution in [-0.2, 0) is 4.74 Å². The molecule has 0 aliphatic heterocycles. The lowest BCUT2D eigenvalue weighted by Crippen LogP contribution is -2.26. The maximum absolute atomic E-state index is 12.0. The van der Waals surface area contributed by atoms with E-state index in [1.807, 2.05) is 24.3 Å². The number of phenols is 1. The largest absolute Gasteiger partial charge is 0.508 e. The minimum atomic E-state index is -0.484. The quantitative estimate of drug-likeness (QED) is 0.678. The van der Waals surface area contributed by atoms with E-state index in [4.69, 9.17) is 4.74 Å². The number of ether oxygens (including phenoxy) is 1. The molecular weight excluding hydrogens is 350 g/mol. The highest BCUT2D eigenvalue weighted by Gasteiger charge is 2.28. The van der Waals surface area contributed by atoms with E-state index in [0.29, 0.717) is 0 Å². The van der Waals surface area contributed by atoms with Crippen LogP contribution in [0, 0.1) is 11.8 Å². The lowest BCUT2D eigenvalue weighted by atomic mass is 9.98. The van der Waals surface area contributed by atoms with Crippen LogP contribution in [0.25, 0.3) is 11.1 Å². The summed E-state index contributed by atoms with van der Waals surface area (Å²) in [5, 5.41) is 11.9. The van der Waals surface area contributed by atoms with Crippen LogP contribution in [-0.4, -0.2) is 24.4 Å². The van der Waals surface area contributed by atoms with E-state index in [2.05, 4.69) is 41.4 Å². The Labute approximate surface area is 163 Å². The van der Waals surface area contributed by atoms with Crippen molar-refractivity contribution in [1.82, 2.24) is 5.32 Å². The molecule has 2 N–H and O–H groups in total. The van der Waals surface area contributed by atoms with Crippen LogP contribution < -0.4 is 5.32 Å². The third-order valence-corrected chi connectivity index (χ3v) is 4.76. The van der Waals surface area contributed by atoms with E-state index in [0.717, 1.165) is 5.56 Å². The maximum Gasteiger partial charge on any atom is 0.407 e. The lowest BCUT2D eigenvalue weighted by Gasteiger charge is -2.14. The standard InChI is InChI=1S/C24H19NO3/c26-18-13-11-17(12-14-18)6-5-15-25-24(27)28-16-23-21-9-3-1-7-19(21)20-8-2-4-10-22(20)23/h1-4,7-14,23,26H,15-16H2,(H,25,27). The second-order valence-corrected chi connectivity index (χ2v) is 6.53. The van der Waals surface area contributed by atoms with Crippen molar-refractivity contribution < 1.29 is 14.6 Å². The fraction of sp³-hybridized carbons (Fsp3) is 0.125. The number of carbonyl (C=O) groups excluding carboxylic acids is 1. The first-order chi connectivity index (χ1) is 13.7. The summed E-state index contributed by atoms with van der Waals surface area (Å²) < 4.78 is 5.46. The smallest absolute Gasteiger partial charge is 0.407 e. The summed E-state index contributed by atoms with van der Waals surface area (Å²) >= 11 is 0. The molecule has 0 spiro atoms.